The first-order valence-corrected chi connectivity index (χ1v) is 11.5. The monoisotopic (exact) mass is 430 g/mol. The number of nitrogens with one attached hydrogen (secondary N) is 2. The Labute approximate surface area is 191 Å². The van der Waals surface area contributed by atoms with Gasteiger partial charge < -0.3 is 15.2 Å². The molecule has 0 aliphatic carbocycles. The lowest BCUT2D eigenvalue weighted by Gasteiger charge is -2.15. The first kappa shape index (κ1) is 22.1. The van der Waals surface area contributed by atoms with Gasteiger partial charge in [-0.25, -0.2) is 4.98 Å². The molecule has 0 radical (unpaired) electrons. The molecule has 0 unspecified atom stereocenters. The molecule has 1 fully saturated rings. The lowest BCUT2D eigenvalue weighted by molar-refractivity contribution is 0.331. The van der Waals surface area contributed by atoms with E-state index in [1.807, 2.05) is 26.4 Å². The summed E-state index contributed by atoms with van der Waals surface area (Å²) in [6.07, 6.45) is 6.54. The van der Waals surface area contributed by atoms with E-state index in [1.54, 1.807) is 0 Å². The fourth-order valence-electron chi connectivity index (χ4n) is 4.16. The predicted octanol–water partition coefficient (Wildman–Crippen LogP) is 3.70. The average molecular weight is 431 g/mol. The average Bonchev–Trinajstić information content (AvgIpc) is 3.47. The molecule has 2 N–H and O–H groups in total. The number of benzene rings is 2. The van der Waals surface area contributed by atoms with Crippen molar-refractivity contribution in [2.45, 2.75) is 45.9 Å². The molecule has 2 aromatic carbocycles. The smallest absolute Gasteiger partial charge is 0.191 e. The lowest BCUT2D eigenvalue weighted by Crippen LogP contribution is -2.36. The highest BCUT2D eigenvalue weighted by Gasteiger charge is 2.11. The van der Waals surface area contributed by atoms with Crippen molar-refractivity contribution in [3.8, 4) is 0 Å². The largest absolute Gasteiger partial charge is 0.352 e. The van der Waals surface area contributed by atoms with Gasteiger partial charge in [0.05, 0.1) is 0 Å². The zero-order valence-corrected chi connectivity index (χ0v) is 19.2. The van der Waals surface area contributed by atoms with E-state index in [4.69, 9.17) is 0 Å². The van der Waals surface area contributed by atoms with E-state index >= 15 is 0 Å². The van der Waals surface area contributed by atoms with Crippen LogP contribution in [0.1, 0.15) is 40.9 Å². The highest BCUT2D eigenvalue weighted by molar-refractivity contribution is 5.79. The molecule has 168 valence electrons. The number of nitrogens with zero attached hydrogens (tertiary/aromatic N) is 4. The zero-order valence-electron chi connectivity index (χ0n) is 19.2. The zero-order chi connectivity index (χ0) is 22.2. The number of imidazole rings is 1. The van der Waals surface area contributed by atoms with Crippen LogP contribution in [0.4, 0.5) is 0 Å². The molecule has 4 rings (SSSR count). The first-order chi connectivity index (χ1) is 15.7. The number of likely N-dealkylation sites (tertiary alicyclic amines) is 1. The van der Waals surface area contributed by atoms with Crippen LogP contribution in [0.15, 0.2) is 65.9 Å². The summed E-state index contributed by atoms with van der Waals surface area (Å²) in [4.78, 5) is 11.2. The molecular formula is C26H34N6. The van der Waals surface area contributed by atoms with Gasteiger partial charge in [0.25, 0.3) is 0 Å². The summed E-state index contributed by atoms with van der Waals surface area (Å²) in [5, 5.41) is 6.85. The fraction of sp³-hybridized carbons (Fsp3) is 0.385. The van der Waals surface area contributed by atoms with Gasteiger partial charge in [-0.1, -0.05) is 48.5 Å². The SMILES string of the molecule is CN=C(NCc1ccc(CN2CCCC2)cc1)NCc1cccc(Cn2ccnc2C)c1. The highest BCUT2D eigenvalue weighted by atomic mass is 15.2. The first-order valence-electron chi connectivity index (χ1n) is 11.5. The maximum absolute atomic E-state index is 4.37. The fourth-order valence-corrected chi connectivity index (χ4v) is 4.16. The number of hydrogen-bond donors (Lipinski definition) is 2. The van der Waals surface area contributed by atoms with Gasteiger partial charge in [-0.2, -0.15) is 0 Å². The van der Waals surface area contributed by atoms with Crippen LogP contribution in [0, 0.1) is 6.92 Å². The number of rotatable bonds is 8. The number of aryl methyl sites for hydroxylation is 1. The van der Waals surface area contributed by atoms with Crippen LogP contribution in [0.3, 0.4) is 0 Å². The Hall–Kier alpha value is -3.12. The Morgan fingerprint density at radius 2 is 1.59 bits per heavy atom. The van der Waals surface area contributed by atoms with Crippen LogP contribution in [-0.4, -0.2) is 40.5 Å². The van der Waals surface area contributed by atoms with Gasteiger partial charge in [0, 0.05) is 45.6 Å². The normalized spacial score (nSPS) is 14.6. The second kappa shape index (κ2) is 11.0. The van der Waals surface area contributed by atoms with Crippen molar-refractivity contribution < 1.29 is 0 Å². The molecule has 6 heteroatoms. The molecule has 1 saturated heterocycles. The number of aromatic nitrogens is 2. The van der Waals surface area contributed by atoms with Gasteiger partial charge in [-0.15, -0.1) is 0 Å². The summed E-state index contributed by atoms with van der Waals surface area (Å²) in [6, 6.07) is 17.6. The van der Waals surface area contributed by atoms with Crippen molar-refractivity contribution in [3.05, 3.63) is 89.0 Å². The minimum Gasteiger partial charge on any atom is -0.352 e. The van der Waals surface area contributed by atoms with Crippen LogP contribution in [0.5, 0.6) is 0 Å². The van der Waals surface area contributed by atoms with E-state index in [1.165, 1.54) is 48.2 Å². The van der Waals surface area contributed by atoms with Gasteiger partial charge in [0.1, 0.15) is 5.82 Å². The number of hydrogen-bond acceptors (Lipinski definition) is 3. The van der Waals surface area contributed by atoms with E-state index < -0.39 is 0 Å². The molecule has 6 nitrogen and oxygen atoms in total. The Morgan fingerprint density at radius 3 is 2.28 bits per heavy atom. The van der Waals surface area contributed by atoms with E-state index in [0.29, 0.717) is 0 Å². The standard InChI is InChI=1S/C26H34N6/c1-21-28-12-15-32(21)20-25-7-5-6-24(16-25)18-30-26(27-2)29-17-22-8-10-23(11-9-22)19-31-13-3-4-14-31/h5-12,15-16H,3-4,13-14,17-20H2,1-2H3,(H2,27,29,30). The van der Waals surface area contributed by atoms with E-state index in [9.17, 15) is 0 Å². The predicted molar refractivity (Wildman–Crippen MR) is 130 cm³/mol. The molecule has 3 aromatic rings. The Kier molecular flexibility index (Phi) is 7.56. The Balaban J connectivity index is 1.25. The molecular weight excluding hydrogens is 396 g/mol. The van der Waals surface area contributed by atoms with E-state index in [-0.39, 0.29) is 0 Å². The van der Waals surface area contributed by atoms with Crippen molar-refractivity contribution in [1.82, 2.24) is 25.1 Å². The third-order valence-electron chi connectivity index (χ3n) is 6.04. The number of guanidine groups is 1. The van der Waals surface area contributed by atoms with Crippen LogP contribution >= 0.6 is 0 Å². The van der Waals surface area contributed by atoms with Crippen LogP contribution in [-0.2, 0) is 26.2 Å². The van der Waals surface area contributed by atoms with Crippen molar-refractivity contribution >= 4 is 5.96 Å². The molecule has 0 atom stereocenters. The minimum absolute atomic E-state index is 0.727. The van der Waals surface area contributed by atoms with Crippen molar-refractivity contribution in [2.75, 3.05) is 20.1 Å². The molecule has 0 spiro atoms. The number of aliphatic imine (C=N–C) groups is 1. The summed E-state index contributed by atoms with van der Waals surface area (Å²) in [7, 11) is 1.81. The second-order valence-corrected chi connectivity index (χ2v) is 8.50. The van der Waals surface area contributed by atoms with E-state index in [0.717, 1.165) is 38.0 Å². The summed E-state index contributed by atoms with van der Waals surface area (Å²) >= 11 is 0. The van der Waals surface area contributed by atoms with Gasteiger partial charge in [0.15, 0.2) is 5.96 Å². The van der Waals surface area contributed by atoms with Crippen molar-refractivity contribution in [1.29, 1.82) is 0 Å². The quantitative estimate of drug-likeness (QED) is 0.423. The molecule has 32 heavy (non-hydrogen) atoms. The third-order valence-corrected chi connectivity index (χ3v) is 6.04. The summed E-state index contributed by atoms with van der Waals surface area (Å²) in [6.45, 7) is 7.88. The Bertz CT molecular complexity index is 1010. The van der Waals surface area contributed by atoms with E-state index in [2.05, 4.69) is 78.6 Å². The molecule has 0 amide bonds. The summed E-state index contributed by atoms with van der Waals surface area (Å²) in [5.41, 5.74) is 5.15. The lowest BCUT2D eigenvalue weighted by atomic mass is 10.1. The summed E-state index contributed by atoms with van der Waals surface area (Å²) in [5.74, 6) is 1.84. The van der Waals surface area contributed by atoms with Gasteiger partial charge >= 0.3 is 0 Å². The second-order valence-electron chi connectivity index (χ2n) is 8.50. The molecule has 1 aliphatic rings. The van der Waals surface area contributed by atoms with Crippen molar-refractivity contribution in [2.24, 2.45) is 4.99 Å². The molecule has 2 heterocycles. The highest BCUT2D eigenvalue weighted by Crippen LogP contribution is 2.13. The van der Waals surface area contributed by atoms with Gasteiger partial charge in [-0.05, 0) is 55.1 Å². The Morgan fingerprint density at radius 1 is 0.906 bits per heavy atom. The van der Waals surface area contributed by atoms with Gasteiger partial charge in [-0.3, -0.25) is 9.89 Å². The molecule has 1 aliphatic heterocycles. The minimum atomic E-state index is 0.727. The van der Waals surface area contributed by atoms with Crippen LogP contribution in [0.25, 0.3) is 0 Å². The maximum atomic E-state index is 4.37. The maximum Gasteiger partial charge on any atom is 0.191 e. The molecule has 0 saturated carbocycles. The van der Waals surface area contributed by atoms with Crippen LogP contribution in [0.2, 0.25) is 0 Å². The third kappa shape index (κ3) is 6.20. The summed E-state index contributed by atoms with van der Waals surface area (Å²) < 4.78 is 2.16. The molecule has 0 bridgehead atoms. The van der Waals surface area contributed by atoms with Crippen LogP contribution < -0.4 is 10.6 Å². The van der Waals surface area contributed by atoms with Gasteiger partial charge in [0.2, 0.25) is 0 Å². The topological polar surface area (TPSA) is 57.5 Å². The van der Waals surface area contributed by atoms with Crippen molar-refractivity contribution in [3.63, 3.8) is 0 Å². The molecule has 1 aromatic heterocycles.